The molecule has 1 saturated heterocycles. The monoisotopic (exact) mass is 259 g/mol. The van der Waals surface area contributed by atoms with Gasteiger partial charge in [-0.15, -0.1) is 0 Å². The normalized spacial score (nSPS) is 22.8. The largest absolute Gasteiger partial charge is 0.379 e. The van der Waals surface area contributed by atoms with Crippen LogP contribution >= 0.6 is 0 Å². The van der Waals surface area contributed by atoms with E-state index in [1.807, 2.05) is 0 Å². The lowest BCUT2D eigenvalue weighted by Gasteiger charge is -2.14. The maximum absolute atomic E-state index is 6.19. The van der Waals surface area contributed by atoms with Gasteiger partial charge in [0.25, 0.3) is 0 Å². The summed E-state index contributed by atoms with van der Waals surface area (Å²) in [6.07, 6.45) is 1.37. The standard InChI is InChI=1S/C14H17N3O2/c1-10-2-4-11(5-3-10)8-12-16-13(19-17-12)14(15)6-7-18-9-14/h2-5H,6-9,15H2,1H3. The molecule has 100 valence electrons. The van der Waals surface area contributed by atoms with E-state index in [0.29, 0.717) is 31.3 Å². The molecule has 2 heterocycles. The van der Waals surface area contributed by atoms with Gasteiger partial charge in [-0.05, 0) is 18.9 Å². The van der Waals surface area contributed by atoms with Gasteiger partial charge >= 0.3 is 0 Å². The summed E-state index contributed by atoms with van der Waals surface area (Å²) in [4.78, 5) is 4.40. The van der Waals surface area contributed by atoms with Gasteiger partial charge in [-0.25, -0.2) is 0 Å². The van der Waals surface area contributed by atoms with Crippen molar-refractivity contribution in [1.29, 1.82) is 0 Å². The van der Waals surface area contributed by atoms with Crippen LogP contribution in [0, 0.1) is 6.92 Å². The summed E-state index contributed by atoms with van der Waals surface area (Å²) < 4.78 is 10.6. The van der Waals surface area contributed by atoms with E-state index in [1.165, 1.54) is 5.56 Å². The van der Waals surface area contributed by atoms with Crippen LogP contribution in [0.5, 0.6) is 0 Å². The van der Waals surface area contributed by atoms with Crippen LogP contribution in [0.2, 0.25) is 0 Å². The molecule has 1 fully saturated rings. The summed E-state index contributed by atoms with van der Waals surface area (Å²) in [7, 11) is 0. The summed E-state index contributed by atoms with van der Waals surface area (Å²) in [5, 5.41) is 4.00. The van der Waals surface area contributed by atoms with Crippen molar-refractivity contribution in [3.63, 3.8) is 0 Å². The van der Waals surface area contributed by atoms with E-state index >= 15 is 0 Å². The Kier molecular flexibility index (Phi) is 3.08. The lowest BCUT2D eigenvalue weighted by molar-refractivity contribution is 0.166. The maximum atomic E-state index is 6.19. The average molecular weight is 259 g/mol. The Labute approximate surface area is 111 Å². The Hall–Kier alpha value is -1.72. The van der Waals surface area contributed by atoms with Crippen LogP contribution in [-0.2, 0) is 16.7 Å². The van der Waals surface area contributed by atoms with Gasteiger partial charge in [0.15, 0.2) is 5.82 Å². The van der Waals surface area contributed by atoms with E-state index in [-0.39, 0.29) is 0 Å². The van der Waals surface area contributed by atoms with Crippen molar-refractivity contribution in [2.75, 3.05) is 13.2 Å². The molecule has 0 amide bonds. The highest BCUT2D eigenvalue weighted by Crippen LogP contribution is 2.26. The Morgan fingerprint density at radius 3 is 2.79 bits per heavy atom. The minimum Gasteiger partial charge on any atom is -0.379 e. The van der Waals surface area contributed by atoms with Gasteiger partial charge in [0, 0.05) is 13.0 Å². The van der Waals surface area contributed by atoms with Gasteiger partial charge in [-0.1, -0.05) is 35.0 Å². The molecule has 0 saturated carbocycles. The molecular formula is C14H17N3O2. The minimum atomic E-state index is -0.613. The summed E-state index contributed by atoms with van der Waals surface area (Å²) in [6, 6.07) is 8.29. The second-order valence-corrected chi connectivity index (χ2v) is 5.14. The van der Waals surface area contributed by atoms with Crippen LogP contribution in [0.15, 0.2) is 28.8 Å². The smallest absolute Gasteiger partial charge is 0.249 e. The maximum Gasteiger partial charge on any atom is 0.249 e. The third-order valence-electron chi connectivity index (χ3n) is 3.43. The minimum absolute atomic E-state index is 0.444. The predicted octanol–water partition coefficient (Wildman–Crippen LogP) is 1.54. The van der Waals surface area contributed by atoms with Gasteiger partial charge in [0.05, 0.1) is 6.61 Å². The molecule has 1 atom stereocenters. The van der Waals surface area contributed by atoms with E-state index in [9.17, 15) is 0 Å². The topological polar surface area (TPSA) is 74.2 Å². The summed E-state index contributed by atoms with van der Waals surface area (Å²) in [5.74, 6) is 1.14. The summed E-state index contributed by atoms with van der Waals surface area (Å²) in [6.45, 7) is 3.15. The van der Waals surface area contributed by atoms with Gasteiger partial charge in [0.1, 0.15) is 5.54 Å². The number of hydrogen-bond acceptors (Lipinski definition) is 5. The Bertz CT molecular complexity index is 556. The number of ether oxygens (including phenoxy) is 1. The SMILES string of the molecule is Cc1ccc(Cc2noc(C3(N)CCOC3)n2)cc1. The van der Waals surface area contributed by atoms with Gasteiger partial charge in [-0.2, -0.15) is 4.98 Å². The van der Waals surface area contributed by atoms with Crippen molar-refractivity contribution in [3.05, 3.63) is 47.1 Å². The molecule has 1 aromatic heterocycles. The predicted molar refractivity (Wildman–Crippen MR) is 69.6 cm³/mol. The molecule has 5 nitrogen and oxygen atoms in total. The Morgan fingerprint density at radius 1 is 1.32 bits per heavy atom. The van der Waals surface area contributed by atoms with Gasteiger partial charge in [-0.3, -0.25) is 0 Å². The van der Waals surface area contributed by atoms with E-state index in [2.05, 4.69) is 41.3 Å². The zero-order chi connectivity index (χ0) is 13.3. The zero-order valence-corrected chi connectivity index (χ0v) is 10.9. The first-order chi connectivity index (χ1) is 9.16. The average Bonchev–Trinajstić information content (AvgIpc) is 3.02. The number of aromatic nitrogens is 2. The van der Waals surface area contributed by atoms with Crippen molar-refractivity contribution in [1.82, 2.24) is 10.1 Å². The van der Waals surface area contributed by atoms with Crippen LogP contribution in [0.1, 0.15) is 29.3 Å². The van der Waals surface area contributed by atoms with Crippen molar-refractivity contribution >= 4 is 0 Å². The molecule has 0 bridgehead atoms. The van der Waals surface area contributed by atoms with Gasteiger partial charge in [0.2, 0.25) is 5.89 Å². The molecule has 0 aliphatic carbocycles. The second-order valence-electron chi connectivity index (χ2n) is 5.14. The molecule has 0 spiro atoms. The van der Waals surface area contributed by atoms with Crippen LogP contribution in [-0.4, -0.2) is 23.4 Å². The molecule has 2 aromatic rings. The number of rotatable bonds is 3. The van der Waals surface area contributed by atoms with Crippen LogP contribution in [0.3, 0.4) is 0 Å². The fourth-order valence-electron chi connectivity index (χ4n) is 2.17. The number of hydrogen-bond donors (Lipinski definition) is 1. The molecule has 2 N–H and O–H groups in total. The van der Waals surface area contributed by atoms with Crippen molar-refractivity contribution in [2.24, 2.45) is 5.73 Å². The first-order valence-corrected chi connectivity index (χ1v) is 6.41. The molecule has 5 heteroatoms. The van der Waals surface area contributed by atoms with Crippen molar-refractivity contribution in [2.45, 2.75) is 25.3 Å². The fourth-order valence-corrected chi connectivity index (χ4v) is 2.17. The Balaban J connectivity index is 1.76. The van der Waals surface area contributed by atoms with Crippen molar-refractivity contribution in [3.8, 4) is 0 Å². The van der Waals surface area contributed by atoms with Crippen LogP contribution in [0.25, 0.3) is 0 Å². The van der Waals surface area contributed by atoms with E-state index in [4.69, 9.17) is 15.0 Å². The molecule has 1 aliphatic heterocycles. The molecule has 1 aromatic carbocycles. The second kappa shape index (κ2) is 4.75. The molecular weight excluding hydrogens is 242 g/mol. The quantitative estimate of drug-likeness (QED) is 0.905. The molecule has 19 heavy (non-hydrogen) atoms. The number of benzene rings is 1. The summed E-state index contributed by atoms with van der Waals surface area (Å²) in [5.41, 5.74) is 7.97. The highest BCUT2D eigenvalue weighted by Gasteiger charge is 2.38. The van der Waals surface area contributed by atoms with Crippen molar-refractivity contribution < 1.29 is 9.26 Å². The number of nitrogens with two attached hydrogens (primary N) is 1. The lowest BCUT2D eigenvalue weighted by atomic mass is 10.0. The first kappa shape index (κ1) is 12.3. The third kappa shape index (κ3) is 2.52. The van der Waals surface area contributed by atoms with E-state index in [1.54, 1.807) is 0 Å². The molecule has 1 aliphatic rings. The fraction of sp³-hybridized carbons (Fsp3) is 0.429. The van der Waals surface area contributed by atoms with Gasteiger partial charge < -0.3 is 15.0 Å². The molecule has 1 unspecified atom stereocenters. The zero-order valence-electron chi connectivity index (χ0n) is 10.9. The molecule has 3 rings (SSSR count). The Morgan fingerprint density at radius 2 is 2.11 bits per heavy atom. The third-order valence-corrected chi connectivity index (χ3v) is 3.43. The number of aryl methyl sites for hydroxylation is 1. The summed E-state index contributed by atoms with van der Waals surface area (Å²) >= 11 is 0. The first-order valence-electron chi connectivity index (χ1n) is 6.41. The highest BCUT2D eigenvalue weighted by atomic mass is 16.5. The highest BCUT2D eigenvalue weighted by molar-refractivity contribution is 5.23. The van der Waals surface area contributed by atoms with E-state index < -0.39 is 5.54 Å². The van der Waals surface area contributed by atoms with Crippen LogP contribution < -0.4 is 5.73 Å². The van der Waals surface area contributed by atoms with Crippen LogP contribution in [0.4, 0.5) is 0 Å². The molecule has 0 radical (unpaired) electrons. The van der Waals surface area contributed by atoms with E-state index in [0.717, 1.165) is 12.0 Å². The number of nitrogens with zero attached hydrogens (tertiary/aromatic N) is 2. The lowest BCUT2D eigenvalue weighted by Crippen LogP contribution is -2.37.